The van der Waals surface area contributed by atoms with Gasteiger partial charge in [-0.15, -0.1) is 0 Å². The molecular formula is C25H35N9O2. The average Bonchev–Trinajstić information content (AvgIpc) is 3.49. The molecule has 192 valence electrons. The number of carbonyl (C=O) groups excluding carboxylic acids is 1. The predicted octanol–water partition coefficient (Wildman–Crippen LogP) is 2.00. The van der Waals surface area contributed by atoms with Crippen LogP contribution in [0.1, 0.15) is 12.8 Å². The Morgan fingerprint density at radius 2 is 1.94 bits per heavy atom. The van der Waals surface area contributed by atoms with E-state index in [-0.39, 0.29) is 5.91 Å². The molecule has 1 aromatic carbocycles. The smallest absolute Gasteiger partial charge is 0.231 e. The van der Waals surface area contributed by atoms with Crippen LogP contribution in [-0.4, -0.2) is 102 Å². The molecule has 0 atom stereocenters. The largest absolute Gasteiger partial charge is 0.379 e. The van der Waals surface area contributed by atoms with Crippen molar-refractivity contribution in [2.45, 2.75) is 19.4 Å². The molecule has 0 radical (unpaired) electrons. The maximum Gasteiger partial charge on any atom is 0.231 e. The minimum absolute atomic E-state index is 0.225. The van der Waals surface area contributed by atoms with Gasteiger partial charge < -0.3 is 29.7 Å². The number of rotatable bonds is 10. The fraction of sp³-hybridized carbons (Fsp3) is 0.520. The zero-order chi connectivity index (χ0) is 24.9. The van der Waals surface area contributed by atoms with Crippen molar-refractivity contribution in [1.82, 2.24) is 29.3 Å². The van der Waals surface area contributed by atoms with Gasteiger partial charge in [-0.25, -0.2) is 4.98 Å². The number of anilines is 4. The normalized spacial score (nSPS) is 16.6. The minimum Gasteiger partial charge on any atom is -0.379 e. The van der Waals surface area contributed by atoms with Crippen LogP contribution in [0.3, 0.4) is 0 Å². The summed E-state index contributed by atoms with van der Waals surface area (Å²) in [6, 6.07) is 8.13. The number of likely N-dealkylation sites (tertiary alicyclic amines) is 1. The highest BCUT2D eigenvalue weighted by Crippen LogP contribution is 2.25. The molecule has 2 saturated heterocycles. The summed E-state index contributed by atoms with van der Waals surface area (Å²) in [7, 11) is 4.03. The Balaban J connectivity index is 1.38. The summed E-state index contributed by atoms with van der Waals surface area (Å²) in [5.74, 6) is 1.43. The van der Waals surface area contributed by atoms with Crippen molar-refractivity contribution in [2.24, 2.45) is 0 Å². The van der Waals surface area contributed by atoms with Gasteiger partial charge in [0.25, 0.3) is 0 Å². The minimum atomic E-state index is 0.225. The number of aromatic nitrogens is 4. The van der Waals surface area contributed by atoms with Crippen LogP contribution in [0.5, 0.6) is 0 Å². The van der Waals surface area contributed by atoms with Crippen molar-refractivity contribution in [3.05, 3.63) is 30.6 Å². The van der Waals surface area contributed by atoms with Crippen molar-refractivity contribution in [3.63, 3.8) is 0 Å². The van der Waals surface area contributed by atoms with E-state index in [1.807, 2.05) is 35.7 Å². The molecule has 0 bridgehead atoms. The molecule has 0 spiro atoms. The maximum absolute atomic E-state index is 12.1. The van der Waals surface area contributed by atoms with Crippen LogP contribution in [0, 0.1) is 0 Å². The molecule has 2 aliphatic heterocycles. The third kappa shape index (κ3) is 5.68. The standard InChI is InChI=1S/C25H35N9O2/c1-31(2)20-6-3-5-19(17-20)28-25-29-23(26-8-10-32-13-15-36-16-14-32)22-24(30-25)34(18-27-22)12-11-33-9-4-7-21(33)35/h3,5-6,17-18H,4,7-16H2,1-2H3,(H2,26,28,29,30). The number of nitrogens with one attached hydrogen (secondary N) is 2. The second-order valence-electron chi connectivity index (χ2n) is 9.44. The van der Waals surface area contributed by atoms with Crippen LogP contribution in [0.15, 0.2) is 30.6 Å². The first-order valence-electron chi connectivity index (χ1n) is 12.7. The van der Waals surface area contributed by atoms with E-state index in [4.69, 9.17) is 14.7 Å². The number of ether oxygens (including phenoxy) is 1. The van der Waals surface area contributed by atoms with Crippen molar-refractivity contribution in [2.75, 3.05) is 82.1 Å². The average molecular weight is 494 g/mol. The first-order valence-corrected chi connectivity index (χ1v) is 12.7. The lowest BCUT2D eigenvalue weighted by molar-refractivity contribution is -0.127. The summed E-state index contributed by atoms with van der Waals surface area (Å²) in [6.45, 7) is 7.22. The first kappa shape index (κ1) is 24.3. The van der Waals surface area contributed by atoms with Gasteiger partial charge in [0.2, 0.25) is 11.9 Å². The van der Waals surface area contributed by atoms with Gasteiger partial charge in [0.15, 0.2) is 17.0 Å². The summed E-state index contributed by atoms with van der Waals surface area (Å²) < 4.78 is 7.47. The summed E-state index contributed by atoms with van der Waals surface area (Å²) in [5, 5.41) is 6.86. The van der Waals surface area contributed by atoms with Crippen molar-refractivity contribution >= 4 is 40.2 Å². The SMILES string of the molecule is CN(C)c1cccc(Nc2nc(NCCN3CCOCC3)c3ncn(CCN4CCCC4=O)c3n2)c1. The van der Waals surface area contributed by atoms with E-state index in [0.717, 1.165) is 74.9 Å². The Labute approximate surface area is 211 Å². The molecule has 11 heteroatoms. The van der Waals surface area contributed by atoms with E-state index in [1.54, 1.807) is 6.33 Å². The molecule has 5 rings (SSSR count). The third-order valence-electron chi connectivity index (χ3n) is 6.69. The molecule has 3 aromatic rings. The molecule has 36 heavy (non-hydrogen) atoms. The molecule has 0 saturated carbocycles. The number of carbonyl (C=O) groups is 1. The fourth-order valence-corrected chi connectivity index (χ4v) is 4.60. The Morgan fingerprint density at radius 1 is 1.08 bits per heavy atom. The van der Waals surface area contributed by atoms with Gasteiger partial charge in [-0.2, -0.15) is 9.97 Å². The number of morpholine rings is 1. The summed E-state index contributed by atoms with van der Waals surface area (Å²) >= 11 is 0. The molecule has 2 aliphatic rings. The monoisotopic (exact) mass is 493 g/mol. The lowest BCUT2D eigenvalue weighted by Crippen LogP contribution is -2.39. The van der Waals surface area contributed by atoms with E-state index < -0.39 is 0 Å². The van der Waals surface area contributed by atoms with E-state index in [9.17, 15) is 4.79 Å². The van der Waals surface area contributed by atoms with Crippen molar-refractivity contribution < 1.29 is 9.53 Å². The zero-order valence-electron chi connectivity index (χ0n) is 21.1. The molecule has 2 aromatic heterocycles. The molecule has 0 unspecified atom stereocenters. The fourth-order valence-electron chi connectivity index (χ4n) is 4.60. The highest BCUT2D eigenvalue weighted by Gasteiger charge is 2.21. The van der Waals surface area contributed by atoms with Crippen molar-refractivity contribution in [1.29, 1.82) is 0 Å². The number of amides is 1. The second-order valence-corrected chi connectivity index (χ2v) is 9.44. The van der Waals surface area contributed by atoms with Gasteiger partial charge in [0, 0.05) is 77.7 Å². The van der Waals surface area contributed by atoms with E-state index in [0.29, 0.717) is 31.3 Å². The van der Waals surface area contributed by atoms with Crippen LogP contribution >= 0.6 is 0 Å². The van der Waals surface area contributed by atoms with Gasteiger partial charge >= 0.3 is 0 Å². The second kappa shape index (κ2) is 11.1. The Hall–Kier alpha value is -3.44. The topological polar surface area (TPSA) is 104 Å². The molecule has 1 amide bonds. The van der Waals surface area contributed by atoms with Gasteiger partial charge in [-0.05, 0) is 24.6 Å². The first-order chi connectivity index (χ1) is 17.6. The van der Waals surface area contributed by atoms with Crippen molar-refractivity contribution in [3.8, 4) is 0 Å². The van der Waals surface area contributed by atoms with E-state index >= 15 is 0 Å². The Morgan fingerprint density at radius 3 is 2.72 bits per heavy atom. The number of nitrogens with zero attached hydrogens (tertiary/aromatic N) is 7. The lowest BCUT2D eigenvalue weighted by atomic mass is 10.2. The Bertz CT molecular complexity index is 1190. The number of benzene rings is 1. The highest BCUT2D eigenvalue weighted by atomic mass is 16.5. The number of hydrogen-bond acceptors (Lipinski definition) is 9. The summed E-state index contributed by atoms with van der Waals surface area (Å²) in [5.41, 5.74) is 3.48. The van der Waals surface area contributed by atoms with E-state index in [1.165, 1.54) is 0 Å². The molecule has 0 aliphatic carbocycles. The highest BCUT2D eigenvalue weighted by molar-refractivity contribution is 5.85. The molecule has 4 heterocycles. The predicted molar refractivity (Wildman–Crippen MR) is 141 cm³/mol. The van der Waals surface area contributed by atoms with Gasteiger partial charge in [0.05, 0.1) is 19.5 Å². The number of hydrogen-bond donors (Lipinski definition) is 2. The lowest BCUT2D eigenvalue weighted by Gasteiger charge is -2.26. The molecule has 2 N–H and O–H groups in total. The number of fused-ring (bicyclic) bond motifs is 1. The van der Waals surface area contributed by atoms with Crippen LogP contribution < -0.4 is 15.5 Å². The van der Waals surface area contributed by atoms with E-state index in [2.05, 4.69) is 37.6 Å². The van der Waals surface area contributed by atoms with Gasteiger partial charge in [-0.1, -0.05) is 6.07 Å². The van der Waals surface area contributed by atoms with Crippen LogP contribution in [0.25, 0.3) is 11.2 Å². The molecule has 11 nitrogen and oxygen atoms in total. The van der Waals surface area contributed by atoms with Crippen LogP contribution in [-0.2, 0) is 16.1 Å². The number of imidazole rings is 1. The van der Waals surface area contributed by atoms with Gasteiger partial charge in [0.1, 0.15) is 0 Å². The quantitative estimate of drug-likeness (QED) is 0.439. The summed E-state index contributed by atoms with van der Waals surface area (Å²) in [4.78, 5) is 32.7. The summed E-state index contributed by atoms with van der Waals surface area (Å²) in [6.07, 6.45) is 3.37. The maximum atomic E-state index is 12.1. The third-order valence-corrected chi connectivity index (χ3v) is 6.69. The van der Waals surface area contributed by atoms with Crippen LogP contribution in [0.4, 0.5) is 23.1 Å². The van der Waals surface area contributed by atoms with Crippen LogP contribution in [0.2, 0.25) is 0 Å². The zero-order valence-corrected chi connectivity index (χ0v) is 21.1. The Kier molecular flexibility index (Phi) is 7.47. The molecule has 2 fully saturated rings. The van der Waals surface area contributed by atoms with Gasteiger partial charge in [-0.3, -0.25) is 9.69 Å². The molecular weight excluding hydrogens is 458 g/mol.